The summed E-state index contributed by atoms with van der Waals surface area (Å²) in [5, 5.41) is 12.2. The average molecular weight is 509 g/mol. The van der Waals surface area contributed by atoms with Gasteiger partial charge in [0.15, 0.2) is 0 Å². The van der Waals surface area contributed by atoms with E-state index in [-0.39, 0.29) is 23.3 Å². The lowest BCUT2D eigenvalue weighted by atomic mass is 9.84. The third-order valence-electron chi connectivity index (χ3n) is 6.23. The average Bonchev–Trinajstić information content (AvgIpc) is 3.05. The molecule has 1 aromatic heterocycles. The topological polar surface area (TPSA) is 70.5 Å². The second kappa shape index (κ2) is 9.48. The van der Waals surface area contributed by atoms with Gasteiger partial charge in [-0.15, -0.1) is 0 Å². The Balaban J connectivity index is 1.93. The van der Waals surface area contributed by atoms with Crippen LogP contribution in [-0.4, -0.2) is 26.7 Å². The minimum atomic E-state index is -0.845. The van der Waals surface area contributed by atoms with E-state index in [4.69, 9.17) is 23.2 Å². The molecule has 0 saturated carbocycles. The highest BCUT2D eigenvalue weighted by Crippen LogP contribution is 2.42. The van der Waals surface area contributed by atoms with E-state index in [1.807, 2.05) is 31.2 Å². The van der Waals surface area contributed by atoms with Crippen molar-refractivity contribution in [2.75, 3.05) is 0 Å². The van der Waals surface area contributed by atoms with E-state index in [2.05, 4.69) is 25.8 Å². The molecule has 1 N–H and O–H groups in total. The van der Waals surface area contributed by atoms with Gasteiger partial charge in [0.2, 0.25) is 0 Å². The Labute approximate surface area is 215 Å². The summed E-state index contributed by atoms with van der Waals surface area (Å²) in [5.41, 5.74) is 3.49. The number of hydrogen-bond donors (Lipinski definition) is 1. The molecule has 0 aliphatic carbocycles. The summed E-state index contributed by atoms with van der Waals surface area (Å²) < 4.78 is 0. The Morgan fingerprint density at radius 2 is 1.80 bits per heavy atom. The summed E-state index contributed by atoms with van der Waals surface area (Å²) >= 11 is 12.4. The molecule has 1 aliphatic heterocycles. The van der Waals surface area contributed by atoms with Crippen LogP contribution in [0, 0.1) is 6.92 Å². The first-order chi connectivity index (χ1) is 16.5. The summed E-state index contributed by atoms with van der Waals surface area (Å²) in [6.45, 7) is 8.22. The van der Waals surface area contributed by atoms with E-state index in [0.29, 0.717) is 21.2 Å². The monoisotopic (exact) mass is 508 g/mol. The van der Waals surface area contributed by atoms with E-state index in [0.717, 1.165) is 16.7 Å². The number of hydrogen-bond acceptors (Lipinski definition) is 4. The van der Waals surface area contributed by atoms with Gasteiger partial charge in [-0.3, -0.25) is 14.6 Å². The standard InChI is InChI=1S/C28H26Cl2N2O3/c1-16-7-9-19(28(2,3)4)13-20(16)25(33)23-24(18-8-10-21(29)22(30)12-18)32(27(35)26(23)34)15-17-6-5-11-31-14-17/h5-14,24,33H,15H2,1-4H3/b25-23+. The first-order valence-corrected chi connectivity index (χ1v) is 12.0. The van der Waals surface area contributed by atoms with Gasteiger partial charge in [0.1, 0.15) is 5.76 Å². The van der Waals surface area contributed by atoms with E-state index < -0.39 is 17.7 Å². The maximum absolute atomic E-state index is 13.4. The molecule has 1 amide bonds. The van der Waals surface area contributed by atoms with Crippen molar-refractivity contribution in [1.82, 2.24) is 9.88 Å². The number of benzene rings is 2. The molecular formula is C28H26Cl2N2O3. The molecule has 180 valence electrons. The van der Waals surface area contributed by atoms with Gasteiger partial charge in [-0.25, -0.2) is 0 Å². The van der Waals surface area contributed by atoms with Crippen molar-refractivity contribution in [3.05, 3.63) is 104 Å². The highest BCUT2D eigenvalue weighted by Gasteiger charge is 2.46. The van der Waals surface area contributed by atoms with Crippen LogP contribution in [0.5, 0.6) is 0 Å². The van der Waals surface area contributed by atoms with Gasteiger partial charge in [0, 0.05) is 24.5 Å². The zero-order valence-electron chi connectivity index (χ0n) is 20.0. The number of aromatic nitrogens is 1. The van der Waals surface area contributed by atoms with Crippen molar-refractivity contribution >= 4 is 40.7 Å². The predicted molar refractivity (Wildman–Crippen MR) is 138 cm³/mol. The number of carbonyl (C=O) groups is 2. The molecule has 1 atom stereocenters. The van der Waals surface area contributed by atoms with E-state index in [1.165, 1.54) is 4.90 Å². The summed E-state index contributed by atoms with van der Waals surface area (Å²) in [6.07, 6.45) is 3.28. The molecule has 2 aromatic carbocycles. The Bertz CT molecular complexity index is 1340. The van der Waals surface area contributed by atoms with Crippen LogP contribution in [0.1, 0.15) is 54.6 Å². The smallest absolute Gasteiger partial charge is 0.295 e. The molecular weight excluding hydrogens is 483 g/mol. The third kappa shape index (κ3) is 4.84. The first-order valence-electron chi connectivity index (χ1n) is 11.2. The summed E-state index contributed by atoms with van der Waals surface area (Å²) in [4.78, 5) is 32.2. The van der Waals surface area contributed by atoms with Crippen LogP contribution < -0.4 is 0 Å². The number of aliphatic hydroxyl groups excluding tert-OH is 1. The van der Waals surface area contributed by atoms with Crippen molar-refractivity contribution in [2.24, 2.45) is 0 Å². The molecule has 1 aliphatic rings. The number of amides is 1. The van der Waals surface area contributed by atoms with Crippen LogP contribution in [0.2, 0.25) is 10.0 Å². The number of rotatable bonds is 4. The van der Waals surface area contributed by atoms with Gasteiger partial charge in [-0.2, -0.15) is 0 Å². The number of ketones is 1. The summed E-state index contributed by atoms with van der Waals surface area (Å²) in [7, 11) is 0. The zero-order valence-corrected chi connectivity index (χ0v) is 21.5. The van der Waals surface area contributed by atoms with Gasteiger partial charge in [-0.05, 0) is 58.9 Å². The molecule has 7 heteroatoms. The lowest BCUT2D eigenvalue weighted by Gasteiger charge is -2.26. The molecule has 2 heterocycles. The molecule has 4 rings (SSSR count). The minimum absolute atomic E-state index is 0.0199. The second-order valence-corrected chi connectivity index (χ2v) is 10.6. The number of pyridine rings is 1. The summed E-state index contributed by atoms with van der Waals surface area (Å²) in [6, 6.07) is 13.5. The quantitative estimate of drug-likeness (QED) is 0.244. The molecule has 5 nitrogen and oxygen atoms in total. The van der Waals surface area contributed by atoms with Crippen LogP contribution in [0.4, 0.5) is 0 Å². The van der Waals surface area contributed by atoms with Gasteiger partial charge in [0.05, 0.1) is 21.7 Å². The van der Waals surface area contributed by atoms with Crippen molar-refractivity contribution in [3.8, 4) is 0 Å². The van der Waals surface area contributed by atoms with Gasteiger partial charge in [0.25, 0.3) is 11.7 Å². The predicted octanol–water partition coefficient (Wildman–Crippen LogP) is 6.62. The Kier molecular flexibility index (Phi) is 6.76. The fourth-order valence-electron chi connectivity index (χ4n) is 4.25. The van der Waals surface area contributed by atoms with E-state index in [1.54, 1.807) is 36.7 Å². The van der Waals surface area contributed by atoms with Gasteiger partial charge < -0.3 is 10.0 Å². The highest BCUT2D eigenvalue weighted by atomic mass is 35.5. The molecule has 0 bridgehead atoms. The fraction of sp³-hybridized carbons (Fsp3) is 0.250. The van der Waals surface area contributed by atoms with Crippen LogP contribution in [0.25, 0.3) is 5.76 Å². The maximum atomic E-state index is 13.4. The fourth-order valence-corrected chi connectivity index (χ4v) is 4.56. The lowest BCUT2D eigenvalue weighted by Crippen LogP contribution is -2.29. The molecule has 35 heavy (non-hydrogen) atoms. The number of nitrogens with zero attached hydrogens (tertiary/aromatic N) is 2. The maximum Gasteiger partial charge on any atom is 0.295 e. The molecule has 1 fully saturated rings. The molecule has 0 radical (unpaired) electrons. The van der Waals surface area contributed by atoms with Crippen LogP contribution in [-0.2, 0) is 21.5 Å². The first kappa shape index (κ1) is 25.0. The van der Waals surface area contributed by atoms with Crippen LogP contribution in [0.15, 0.2) is 66.5 Å². The molecule has 1 unspecified atom stereocenters. The molecule has 1 saturated heterocycles. The number of aryl methyl sites for hydroxylation is 1. The van der Waals surface area contributed by atoms with E-state index >= 15 is 0 Å². The number of Topliss-reactive ketones (excluding diaryl/α,β-unsaturated/α-hetero) is 1. The minimum Gasteiger partial charge on any atom is -0.507 e. The second-order valence-electron chi connectivity index (χ2n) is 9.74. The SMILES string of the molecule is Cc1ccc(C(C)(C)C)cc1/C(O)=C1\C(=O)C(=O)N(Cc2cccnc2)C1c1ccc(Cl)c(Cl)c1. The Morgan fingerprint density at radius 1 is 1.06 bits per heavy atom. The van der Waals surface area contributed by atoms with Gasteiger partial charge >= 0.3 is 0 Å². The normalized spacial score (nSPS) is 17.8. The van der Waals surface area contributed by atoms with Crippen LogP contribution >= 0.6 is 23.2 Å². The number of carbonyl (C=O) groups excluding carboxylic acids is 2. The largest absolute Gasteiger partial charge is 0.507 e. The van der Waals surface area contributed by atoms with Crippen molar-refractivity contribution in [3.63, 3.8) is 0 Å². The number of halogens is 2. The molecule has 3 aromatic rings. The Morgan fingerprint density at radius 3 is 2.43 bits per heavy atom. The molecule has 0 spiro atoms. The number of aliphatic hydroxyl groups is 1. The Hall–Kier alpha value is -3.15. The van der Waals surface area contributed by atoms with Crippen molar-refractivity contribution in [2.45, 2.75) is 45.7 Å². The third-order valence-corrected chi connectivity index (χ3v) is 6.97. The zero-order chi connectivity index (χ0) is 25.5. The highest BCUT2D eigenvalue weighted by molar-refractivity contribution is 6.46. The van der Waals surface area contributed by atoms with Crippen molar-refractivity contribution < 1.29 is 14.7 Å². The van der Waals surface area contributed by atoms with Crippen LogP contribution in [0.3, 0.4) is 0 Å². The number of likely N-dealkylation sites (tertiary alicyclic amines) is 1. The summed E-state index contributed by atoms with van der Waals surface area (Å²) in [5.74, 6) is -1.66. The van der Waals surface area contributed by atoms with Gasteiger partial charge in [-0.1, -0.05) is 68.2 Å². The van der Waals surface area contributed by atoms with Crippen molar-refractivity contribution in [1.29, 1.82) is 0 Å². The van der Waals surface area contributed by atoms with E-state index in [9.17, 15) is 14.7 Å². The lowest BCUT2D eigenvalue weighted by molar-refractivity contribution is -0.140.